The van der Waals surface area contributed by atoms with Gasteiger partial charge in [0, 0.05) is 6.42 Å². The molecule has 0 atom stereocenters. The van der Waals surface area contributed by atoms with Crippen molar-refractivity contribution in [3.05, 3.63) is 52.3 Å². The van der Waals surface area contributed by atoms with Crippen molar-refractivity contribution in [3.63, 3.8) is 0 Å². The Labute approximate surface area is 179 Å². The van der Waals surface area contributed by atoms with Gasteiger partial charge in [0.25, 0.3) is 0 Å². The third-order valence-corrected chi connectivity index (χ3v) is 6.29. The molecule has 1 aromatic heterocycles. The highest BCUT2D eigenvalue weighted by Gasteiger charge is 2.20. The maximum absolute atomic E-state index is 14.8. The van der Waals surface area contributed by atoms with Crippen molar-refractivity contribution in [3.8, 4) is 5.75 Å². The Morgan fingerprint density at radius 1 is 1.17 bits per heavy atom. The van der Waals surface area contributed by atoms with Crippen molar-refractivity contribution in [1.82, 2.24) is 0 Å². The second-order valence-corrected chi connectivity index (χ2v) is 8.60. The molecule has 1 saturated carbocycles. The van der Waals surface area contributed by atoms with E-state index in [1.165, 1.54) is 25.7 Å². The average molecular weight is 415 g/mol. The summed E-state index contributed by atoms with van der Waals surface area (Å²) in [5.41, 5.74) is -0.603. The number of allylic oxidation sites excluding steroid dienone is 2. The Kier molecular flexibility index (Phi) is 8.53. The maximum atomic E-state index is 14.8. The van der Waals surface area contributed by atoms with Crippen molar-refractivity contribution in [2.24, 2.45) is 11.8 Å². The molecule has 1 aliphatic carbocycles. The van der Waals surface area contributed by atoms with Gasteiger partial charge in [-0.15, -0.1) is 0 Å². The molecule has 4 heteroatoms. The normalized spacial score (nSPS) is 19.6. The summed E-state index contributed by atoms with van der Waals surface area (Å²) in [5, 5.41) is 0.588. The van der Waals surface area contributed by atoms with Crippen molar-refractivity contribution in [2.45, 2.75) is 78.1 Å². The van der Waals surface area contributed by atoms with Crippen LogP contribution >= 0.6 is 0 Å². The van der Waals surface area contributed by atoms with E-state index in [0.717, 1.165) is 44.4 Å². The van der Waals surface area contributed by atoms with Gasteiger partial charge >= 0.3 is 5.63 Å². The molecule has 30 heavy (non-hydrogen) atoms. The molecule has 2 aromatic rings. The van der Waals surface area contributed by atoms with Gasteiger partial charge in [-0.2, -0.15) is 0 Å². The lowest BCUT2D eigenvalue weighted by molar-refractivity contribution is 0.288. The van der Waals surface area contributed by atoms with Crippen LogP contribution in [-0.2, 0) is 6.42 Å². The molecule has 0 aliphatic heterocycles. The predicted molar refractivity (Wildman–Crippen MR) is 121 cm³/mol. The summed E-state index contributed by atoms with van der Waals surface area (Å²) in [6, 6.07) is 5.21. The minimum atomic E-state index is -0.606. The van der Waals surface area contributed by atoms with Crippen LogP contribution in [0.25, 0.3) is 10.8 Å². The van der Waals surface area contributed by atoms with Crippen LogP contribution in [0.3, 0.4) is 0 Å². The minimum Gasteiger partial charge on any atom is -0.490 e. The molecule has 164 valence electrons. The number of benzene rings is 1. The second-order valence-electron chi connectivity index (χ2n) is 8.60. The summed E-state index contributed by atoms with van der Waals surface area (Å²) < 4.78 is 25.9. The lowest BCUT2D eigenvalue weighted by atomic mass is 9.80. The number of hydrogen-bond acceptors (Lipinski definition) is 3. The highest BCUT2D eigenvalue weighted by Crippen LogP contribution is 2.32. The molecular weight excluding hydrogens is 379 g/mol. The smallest absolute Gasteiger partial charge is 0.346 e. The van der Waals surface area contributed by atoms with Crippen LogP contribution in [0.1, 0.15) is 77.4 Å². The lowest BCUT2D eigenvalue weighted by Gasteiger charge is -2.26. The van der Waals surface area contributed by atoms with Crippen molar-refractivity contribution < 1.29 is 13.5 Å². The van der Waals surface area contributed by atoms with E-state index in [4.69, 9.17) is 9.15 Å². The molecule has 0 radical (unpaired) electrons. The Morgan fingerprint density at radius 3 is 2.70 bits per heavy atom. The molecule has 1 aromatic carbocycles. The van der Waals surface area contributed by atoms with Gasteiger partial charge in [-0.05, 0) is 74.8 Å². The topological polar surface area (TPSA) is 39.4 Å². The van der Waals surface area contributed by atoms with Crippen molar-refractivity contribution >= 4 is 10.8 Å². The standard InChI is InChI=1S/C26H35FO3/c1-3-5-6-7-17-29-23-16-14-21-18-22(30-26(28)24(21)25(23)27)15-13-20-11-9-19(8-4-2)10-12-20/h4,8,14,16,18-20H,3,5-7,9-13,15,17H2,1-2H3/b8-4+. The summed E-state index contributed by atoms with van der Waals surface area (Å²) in [5.74, 6) is 1.57. The number of hydrogen-bond donors (Lipinski definition) is 0. The Hall–Kier alpha value is -2.10. The first-order chi connectivity index (χ1) is 14.6. The molecule has 1 fully saturated rings. The fraction of sp³-hybridized carbons (Fsp3) is 0.577. The van der Waals surface area contributed by atoms with E-state index < -0.39 is 11.4 Å². The van der Waals surface area contributed by atoms with Crippen LogP contribution in [0.5, 0.6) is 5.75 Å². The van der Waals surface area contributed by atoms with E-state index in [9.17, 15) is 9.18 Å². The maximum Gasteiger partial charge on any atom is 0.346 e. The van der Waals surface area contributed by atoms with Gasteiger partial charge in [0.15, 0.2) is 11.6 Å². The number of rotatable bonds is 10. The second kappa shape index (κ2) is 11.3. The first kappa shape index (κ1) is 22.6. The fourth-order valence-corrected chi connectivity index (χ4v) is 4.51. The van der Waals surface area contributed by atoms with Crippen LogP contribution in [0.4, 0.5) is 4.39 Å². The van der Waals surface area contributed by atoms with Gasteiger partial charge in [0.05, 0.1) is 6.61 Å². The van der Waals surface area contributed by atoms with Gasteiger partial charge in [-0.1, -0.05) is 44.4 Å². The monoisotopic (exact) mass is 414 g/mol. The van der Waals surface area contributed by atoms with E-state index >= 15 is 0 Å². The molecule has 3 nitrogen and oxygen atoms in total. The fourth-order valence-electron chi connectivity index (χ4n) is 4.51. The van der Waals surface area contributed by atoms with E-state index in [1.54, 1.807) is 12.1 Å². The van der Waals surface area contributed by atoms with Crippen molar-refractivity contribution in [2.75, 3.05) is 6.61 Å². The molecule has 0 amide bonds. The SMILES string of the molecule is C/C=C/C1CCC(CCc2cc3ccc(OCCCCCC)c(F)c3c(=O)o2)CC1. The number of ether oxygens (including phenoxy) is 1. The zero-order valence-electron chi connectivity index (χ0n) is 18.4. The molecule has 3 rings (SSSR count). The zero-order valence-corrected chi connectivity index (χ0v) is 18.4. The van der Waals surface area contributed by atoms with E-state index in [1.807, 2.05) is 6.07 Å². The quantitative estimate of drug-likeness (QED) is 0.305. The third-order valence-electron chi connectivity index (χ3n) is 6.29. The summed E-state index contributed by atoms with van der Waals surface area (Å²) in [6.45, 7) is 4.69. The molecule has 0 bridgehead atoms. The predicted octanol–water partition coefficient (Wildman–Crippen LogP) is 7.21. The van der Waals surface area contributed by atoms with E-state index in [0.29, 0.717) is 23.7 Å². The Balaban J connectivity index is 1.61. The summed E-state index contributed by atoms with van der Waals surface area (Å²) in [4.78, 5) is 12.5. The average Bonchev–Trinajstić information content (AvgIpc) is 2.74. The Morgan fingerprint density at radius 2 is 1.97 bits per heavy atom. The Bertz CT molecular complexity index is 891. The molecule has 1 aliphatic rings. The summed E-state index contributed by atoms with van der Waals surface area (Å²) >= 11 is 0. The van der Waals surface area contributed by atoms with Gasteiger partial charge in [-0.25, -0.2) is 9.18 Å². The highest BCUT2D eigenvalue weighted by molar-refractivity contribution is 5.83. The lowest BCUT2D eigenvalue weighted by Crippen LogP contribution is -2.14. The van der Waals surface area contributed by atoms with Crippen LogP contribution in [-0.4, -0.2) is 6.61 Å². The van der Waals surface area contributed by atoms with Crippen LogP contribution in [0.2, 0.25) is 0 Å². The molecule has 0 unspecified atom stereocenters. The number of unbranched alkanes of at least 4 members (excludes halogenated alkanes) is 3. The van der Waals surface area contributed by atoms with Gasteiger partial charge in [0.2, 0.25) is 0 Å². The summed E-state index contributed by atoms with van der Waals surface area (Å²) in [7, 11) is 0. The van der Waals surface area contributed by atoms with Gasteiger partial charge in [-0.3, -0.25) is 0 Å². The number of halogens is 1. The van der Waals surface area contributed by atoms with Crippen LogP contribution < -0.4 is 10.4 Å². The van der Waals surface area contributed by atoms with Crippen molar-refractivity contribution in [1.29, 1.82) is 0 Å². The third kappa shape index (κ3) is 5.96. The molecular formula is C26H35FO3. The molecule has 1 heterocycles. The largest absolute Gasteiger partial charge is 0.490 e. The number of fused-ring (bicyclic) bond motifs is 1. The zero-order chi connectivity index (χ0) is 21.3. The van der Waals surface area contributed by atoms with Crippen LogP contribution in [0, 0.1) is 17.7 Å². The van der Waals surface area contributed by atoms with Crippen LogP contribution in [0.15, 0.2) is 39.6 Å². The first-order valence-electron chi connectivity index (χ1n) is 11.6. The van der Waals surface area contributed by atoms with E-state index in [2.05, 4.69) is 26.0 Å². The molecule has 0 saturated heterocycles. The highest BCUT2D eigenvalue weighted by atomic mass is 19.1. The molecule has 0 spiro atoms. The summed E-state index contributed by atoms with van der Waals surface area (Å²) in [6.07, 6.45) is 15.4. The first-order valence-corrected chi connectivity index (χ1v) is 11.6. The molecule has 0 N–H and O–H groups in total. The van der Waals surface area contributed by atoms with E-state index in [-0.39, 0.29) is 11.1 Å². The minimum absolute atomic E-state index is 0.00308. The number of aryl methyl sites for hydroxylation is 1. The van der Waals surface area contributed by atoms with Gasteiger partial charge in [0.1, 0.15) is 11.1 Å². The van der Waals surface area contributed by atoms with Gasteiger partial charge < -0.3 is 9.15 Å².